The third kappa shape index (κ3) is 2.70. The summed E-state index contributed by atoms with van der Waals surface area (Å²) in [6, 6.07) is 3.81. The van der Waals surface area contributed by atoms with E-state index in [0.29, 0.717) is 6.41 Å². The predicted molar refractivity (Wildman–Crippen MR) is 48.6 cm³/mol. The molecule has 0 fully saturated rings. The van der Waals surface area contributed by atoms with Gasteiger partial charge >= 0.3 is 0 Å². The quantitative estimate of drug-likeness (QED) is 0.692. The lowest BCUT2D eigenvalue weighted by Gasteiger charge is -2.08. The molecule has 0 unspecified atom stereocenters. The van der Waals surface area contributed by atoms with Crippen molar-refractivity contribution < 1.29 is 4.79 Å². The average Bonchev–Trinajstić information content (AvgIpc) is 2.07. The topological polar surface area (TPSA) is 42.0 Å². The third-order valence-corrected chi connectivity index (χ3v) is 1.50. The van der Waals surface area contributed by atoms with E-state index in [1.165, 1.54) is 0 Å². The minimum atomic E-state index is 0. The normalized spacial score (nSPS) is 11.1. The van der Waals surface area contributed by atoms with Crippen LogP contribution in [0.4, 0.5) is 0 Å². The summed E-state index contributed by atoms with van der Waals surface area (Å²) >= 11 is 0. The summed E-state index contributed by atoms with van der Waals surface area (Å²) in [6.45, 7) is 1.91. The molecule has 0 aliphatic carbocycles. The Balaban J connectivity index is 0.00000121. The number of nitrogens with one attached hydrogen (secondary N) is 1. The van der Waals surface area contributed by atoms with Crippen molar-refractivity contribution in [2.75, 3.05) is 0 Å². The van der Waals surface area contributed by atoms with Crippen LogP contribution in [0.1, 0.15) is 26.0 Å². The van der Waals surface area contributed by atoms with Crippen LogP contribution in [0.2, 0.25) is 0 Å². The van der Waals surface area contributed by atoms with Crippen LogP contribution in [0.5, 0.6) is 0 Å². The van der Waals surface area contributed by atoms with Gasteiger partial charge in [-0.05, 0) is 18.6 Å². The molecule has 1 N–H and O–H groups in total. The number of aromatic nitrogens is 1. The molecule has 0 radical (unpaired) electrons. The Morgan fingerprint density at radius 1 is 1.67 bits per heavy atom. The minimum absolute atomic E-state index is 0. The van der Waals surface area contributed by atoms with Gasteiger partial charge in [0.2, 0.25) is 6.41 Å². The standard InChI is InChI=1S/C8H10N2O.CH4/c1-7(10-6-11)8-3-2-4-9-5-8;/h2-7H,1H3,(H,10,11);1H4/t7-;/m1./s1. The van der Waals surface area contributed by atoms with E-state index in [-0.39, 0.29) is 13.5 Å². The van der Waals surface area contributed by atoms with Gasteiger partial charge in [-0.1, -0.05) is 13.5 Å². The molecule has 0 spiro atoms. The van der Waals surface area contributed by atoms with Crippen LogP contribution < -0.4 is 5.32 Å². The molecule has 0 saturated heterocycles. The Morgan fingerprint density at radius 2 is 2.42 bits per heavy atom. The summed E-state index contributed by atoms with van der Waals surface area (Å²) in [5.41, 5.74) is 1.01. The lowest BCUT2D eigenvalue weighted by Crippen LogP contribution is -2.15. The summed E-state index contributed by atoms with van der Waals surface area (Å²) in [4.78, 5) is 14.0. The van der Waals surface area contributed by atoms with Gasteiger partial charge in [0.1, 0.15) is 0 Å². The van der Waals surface area contributed by atoms with Crippen LogP contribution in [-0.4, -0.2) is 11.4 Å². The molecule has 1 atom stereocenters. The summed E-state index contributed by atoms with van der Waals surface area (Å²) in [5, 5.41) is 2.64. The number of carbonyl (C=O) groups excluding carboxylic acids is 1. The van der Waals surface area contributed by atoms with E-state index in [2.05, 4.69) is 10.3 Å². The highest BCUT2D eigenvalue weighted by molar-refractivity contribution is 5.47. The second-order valence-electron chi connectivity index (χ2n) is 2.29. The first-order valence-electron chi connectivity index (χ1n) is 3.44. The van der Waals surface area contributed by atoms with Crippen LogP contribution in [0.15, 0.2) is 24.5 Å². The van der Waals surface area contributed by atoms with E-state index >= 15 is 0 Å². The van der Waals surface area contributed by atoms with Gasteiger partial charge in [-0.2, -0.15) is 0 Å². The number of hydrogen-bond donors (Lipinski definition) is 1. The third-order valence-electron chi connectivity index (χ3n) is 1.50. The fraction of sp³-hybridized carbons (Fsp3) is 0.333. The van der Waals surface area contributed by atoms with Crippen molar-refractivity contribution in [2.45, 2.75) is 20.4 Å². The molecule has 1 heterocycles. The highest BCUT2D eigenvalue weighted by Crippen LogP contribution is 2.07. The Bertz CT molecular complexity index is 223. The number of rotatable bonds is 3. The van der Waals surface area contributed by atoms with E-state index in [4.69, 9.17) is 0 Å². The molecule has 1 amide bonds. The molecule has 1 rings (SSSR count). The molecule has 66 valence electrons. The molecule has 3 nitrogen and oxygen atoms in total. The maximum Gasteiger partial charge on any atom is 0.207 e. The first-order chi connectivity index (χ1) is 5.34. The number of carbonyl (C=O) groups is 1. The Labute approximate surface area is 72.8 Å². The molecule has 12 heavy (non-hydrogen) atoms. The second-order valence-corrected chi connectivity index (χ2v) is 2.29. The molecule has 0 aliphatic heterocycles. The first-order valence-corrected chi connectivity index (χ1v) is 3.44. The molecule has 1 aromatic rings. The van der Waals surface area contributed by atoms with E-state index in [1.807, 2.05) is 19.1 Å². The predicted octanol–water partition coefficient (Wildman–Crippen LogP) is 1.52. The summed E-state index contributed by atoms with van der Waals surface area (Å²) in [5.74, 6) is 0. The van der Waals surface area contributed by atoms with E-state index in [0.717, 1.165) is 5.56 Å². The van der Waals surface area contributed by atoms with Gasteiger partial charge in [-0.3, -0.25) is 9.78 Å². The van der Waals surface area contributed by atoms with Crippen molar-refractivity contribution >= 4 is 6.41 Å². The highest BCUT2D eigenvalue weighted by Gasteiger charge is 2.00. The van der Waals surface area contributed by atoms with E-state index in [1.54, 1.807) is 12.4 Å². The summed E-state index contributed by atoms with van der Waals surface area (Å²) in [7, 11) is 0. The van der Waals surface area contributed by atoms with Crippen LogP contribution in [0.25, 0.3) is 0 Å². The molecule has 0 aliphatic rings. The lowest BCUT2D eigenvalue weighted by atomic mass is 10.1. The van der Waals surface area contributed by atoms with Crippen molar-refractivity contribution in [1.29, 1.82) is 0 Å². The molecule has 3 heteroatoms. The van der Waals surface area contributed by atoms with Crippen molar-refractivity contribution in [1.82, 2.24) is 10.3 Å². The maximum atomic E-state index is 10.1. The summed E-state index contributed by atoms with van der Waals surface area (Å²) < 4.78 is 0. The molecule has 0 saturated carbocycles. The van der Waals surface area contributed by atoms with Crippen molar-refractivity contribution in [2.24, 2.45) is 0 Å². The first kappa shape index (κ1) is 10.6. The zero-order valence-electron chi connectivity index (χ0n) is 6.32. The van der Waals surface area contributed by atoms with Crippen molar-refractivity contribution in [3.05, 3.63) is 30.1 Å². The van der Waals surface area contributed by atoms with Crippen LogP contribution in [0.3, 0.4) is 0 Å². The van der Waals surface area contributed by atoms with Gasteiger partial charge < -0.3 is 5.32 Å². The molecule has 0 bridgehead atoms. The lowest BCUT2D eigenvalue weighted by molar-refractivity contribution is -0.110. The van der Waals surface area contributed by atoms with Crippen LogP contribution in [-0.2, 0) is 4.79 Å². The molecular formula is C9H14N2O. The van der Waals surface area contributed by atoms with E-state index in [9.17, 15) is 4.79 Å². The van der Waals surface area contributed by atoms with Crippen molar-refractivity contribution in [3.8, 4) is 0 Å². The number of amides is 1. The molecule has 0 aromatic carbocycles. The maximum absolute atomic E-state index is 10.1. The largest absolute Gasteiger partial charge is 0.352 e. The molecule has 1 aromatic heterocycles. The number of nitrogens with zero attached hydrogens (tertiary/aromatic N) is 1. The smallest absolute Gasteiger partial charge is 0.207 e. The van der Waals surface area contributed by atoms with Crippen LogP contribution in [0, 0.1) is 0 Å². The Morgan fingerprint density at radius 3 is 2.92 bits per heavy atom. The van der Waals surface area contributed by atoms with Gasteiger partial charge in [-0.25, -0.2) is 0 Å². The number of hydrogen-bond acceptors (Lipinski definition) is 2. The minimum Gasteiger partial charge on any atom is -0.352 e. The number of pyridine rings is 1. The highest BCUT2D eigenvalue weighted by atomic mass is 16.1. The monoisotopic (exact) mass is 166 g/mol. The SMILES string of the molecule is C.C[C@@H](NC=O)c1cccnc1. The van der Waals surface area contributed by atoms with Gasteiger partial charge in [0.15, 0.2) is 0 Å². The zero-order chi connectivity index (χ0) is 8.10. The molecular weight excluding hydrogens is 152 g/mol. The zero-order valence-corrected chi connectivity index (χ0v) is 6.32. The van der Waals surface area contributed by atoms with E-state index < -0.39 is 0 Å². The fourth-order valence-corrected chi connectivity index (χ4v) is 0.830. The Hall–Kier alpha value is -1.38. The van der Waals surface area contributed by atoms with Crippen molar-refractivity contribution in [3.63, 3.8) is 0 Å². The Kier molecular flexibility index (Phi) is 4.69. The van der Waals surface area contributed by atoms with Gasteiger partial charge in [0.25, 0.3) is 0 Å². The van der Waals surface area contributed by atoms with Gasteiger partial charge in [0.05, 0.1) is 6.04 Å². The van der Waals surface area contributed by atoms with Gasteiger partial charge in [0, 0.05) is 12.4 Å². The summed E-state index contributed by atoms with van der Waals surface area (Å²) in [6.07, 6.45) is 4.13. The van der Waals surface area contributed by atoms with Gasteiger partial charge in [-0.15, -0.1) is 0 Å². The second kappa shape index (κ2) is 5.29. The fourth-order valence-electron chi connectivity index (χ4n) is 0.830. The van der Waals surface area contributed by atoms with Crippen LogP contribution >= 0.6 is 0 Å². The average molecular weight is 166 g/mol.